The van der Waals surface area contributed by atoms with Crippen molar-refractivity contribution in [2.45, 2.75) is 77.4 Å². The van der Waals surface area contributed by atoms with Crippen LogP contribution in [0.15, 0.2) is 23.8 Å². The van der Waals surface area contributed by atoms with Crippen LogP contribution in [-0.2, 0) is 6.42 Å². The third-order valence-corrected chi connectivity index (χ3v) is 5.73. The van der Waals surface area contributed by atoms with Crippen molar-refractivity contribution in [1.82, 2.24) is 0 Å². The summed E-state index contributed by atoms with van der Waals surface area (Å²) in [6, 6.07) is 4.01. The number of aliphatic hydroxyl groups excluding tert-OH is 1. The van der Waals surface area contributed by atoms with Gasteiger partial charge in [-0.25, -0.2) is 0 Å². The molecule has 3 rings (SSSR count). The van der Waals surface area contributed by atoms with Gasteiger partial charge in [0, 0.05) is 17.4 Å². The van der Waals surface area contributed by atoms with E-state index in [1.165, 1.54) is 12.8 Å². The molecule has 0 radical (unpaired) electrons. The van der Waals surface area contributed by atoms with Gasteiger partial charge in [-0.3, -0.25) is 0 Å². The number of aromatic hydroxyl groups is 1. The van der Waals surface area contributed by atoms with Gasteiger partial charge in [0.1, 0.15) is 17.1 Å². The summed E-state index contributed by atoms with van der Waals surface area (Å²) in [4.78, 5) is 0. The van der Waals surface area contributed by atoms with Crippen LogP contribution in [0.25, 0.3) is 0 Å². The molecule has 0 fully saturated rings. The zero-order chi connectivity index (χ0) is 17.5. The number of phenols is 1. The predicted molar refractivity (Wildman–Crippen MR) is 96.7 cm³/mol. The summed E-state index contributed by atoms with van der Waals surface area (Å²) in [6.07, 6.45) is 6.89. The first kappa shape index (κ1) is 17.3. The van der Waals surface area contributed by atoms with Gasteiger partial charge < -0.3 is 14.9 Å². The molecule has 1 aromatic rings. The van der Waals surface area contributed by atoms with Crippen LogP contribution >= 0.6 is 0 Å². The molecule has 1 unspecified atom stereocenters. The van der Waals surface area contributed by atoms with Crippen molar-refractivity contribution in [3.63, 3.8) is 0 Å². The average Bonchev–Trinajstić information content (AvgIpc) is 2.49. The molecule has 2 N–H and O–H groups in total. The van der Waals surface area contributed by atoms with E-state index in [1.807, 2.05) is 13.0 Å². The monoisotopic (exact) mass is 330 g/mol. The number of hydrogen-bond donors (Lipinski definition) is 2. The van der Waals surface area contributed by atoms with E-state index in [0.29, 0.717) is 12.2 Å². The summed E-state index contributed by atoms with van der Waals surface area (Å²) >= 11 is 0. The summed E-state index contributed by atoms with van der Waals surface area (Å²) in [5.74, 6) is 1.43. The fourth-order valence-electron chi connectivity index (χ4n) is 4.25. The van der Waals surface area contributed by atoms with Gasteiger partial charge in [0.2, 0.25) is 0 Å². The molecule has 1 aliphatic carbocycles. The lowest BCUT2D eigenvalue weighted by molar-refractivity contribution is -0.00919. The highest BCUT2D eigenvalue weighted by atomic mass is 16.5. The second kappa shape index (κ2) is 6.44. The third-order valence-electron chi connectivity index (χ3n) is 5.73. The Kier molecular flexibility index (Phi) is 4.65. The number of allylic oxidation sites excluding steroid dienone is 1. The van der Waals surface area contributed by atoms with Gasteiger partial charge >= 0.3 is 0 Å². The molecule has 3 atom stereocenters. The smallest absolute Gasteiger partial charge is 0.127 e. The number of unbranched alkanes of at least 4 members (excludes halogenated alkanes) is 2. The Labute approximate surface area is 145 Å². The van der Waals surface area contributed by atoms with Crippen LogP contribution < -0.4 is 4.74 Å². The summed E-state index contributed by atoms with van der Waals surface area (Å²) in [6.45, 7) is 8.35. The number of phenolic OH excluding ortho intramolecular Hbond substituents is 1. The van der Waals surface area contributed by atoms with Gasteiger partial charge in [0.25, 0.3) is 0 Å². The molecular weight excluding hydrogens is 300 g/mol. The maximum absolute atomic E-state index is 10.7. The Hall–Kier alpha value is -1.48. The number of rotatable bonds is 4. The summed E-state index contributed by atoms with van der Waals surface area (Å²) in [5, 5.41) is 20.9. The minimum Gasteiger partial charge on any atom is -0.507 e. The highest BCUT2D eigenvalue weighted by molar-refractivity contribution is 5.54. The summed E-state index contributed by atoms with van der Waals surface area (Å²) in [7, 11) is 0. The number of aliphatic hydroxyl groups is 1. The Balaban J connectivity index is 2.00. The molecule has 1 aliphatic heterocycles. The van der Waals surface area contributed by atoms with E-state index in [1.54, 1.807) is 0 Å². The molecule has 3 heteroatoms. The zero-order valence-electron chi connectivity index (χ0n) is 15.3. The molecule has 0 amide bonds. The SMILES string of the molecule is CCCCCc1cc(O)c2c(c1)OC(C)(C)[C@@H]1C[C@H](O)C(C)=CC21. The van der Waals surface area contributed by atoms with E-state index in [9.17, 15) is 10.2 Å². The number of benzene rings is 1. The van der Waals surface area contributed by atoms with E-state index < -0.39 is 6.10 Å². The molecule has 0 aromatic heterocycles. The van der Waals surface area contributed by atoms with E-state index in [0.717, 1.165) is 35.3 Å². The Bertz CT molecular complexity index is 645. The first-order chi connectivity index (χ1) is 11.3. The Morgan fingerprint density at radius 2 is 2.00 bits per heavy atom. The van der Waals surface area contributed by atoms with E-state index in [4.69, 9.17) is 4.74 Å². The standard InChI is InChI=1S/C21H30O3/c1-5-6-7-8-14-10-18(23)20-15-9-13(2)17(22)12-16(15)21(3,4)24-19(20)11-14/h9-11,15-17,22-23H,5-8,12H2,1-4H3/t15?,16-,17+/m1/s1. The lowest BCUT2D eigenvalue weighted by Crippen LogP contribution is -2.47. The molecule has 0 bridgehead atoms. The van der Waals surface area contributed by atoms with Crippen molar-refractivity contribution in [3.8, 4) is 11.5 Å². The van der Waals surface area contributed by atoms with E-state index >= 15 is 0 Å². The number of hydrogen-bond acceptors (Lipinski definition) is 3. The van der Waals surface area contributed by atoms with Gasteiger partial charge in [0.05, 0.1) is 6.10 Å². The van der Waals surface area contributed by atoms with Crippen molar-refractivity contribution < 1.29 is 14.9 Å². The van der Waals surface area contributed by atoms with Crippen LogP contribution in [0.2, 0.25) is 0 Å². The molecule has 24 heavy (non-hydrogen) atoms. The summed E-state index contributed by atoms with van der Waals surface area (Å²) in [5.41, 5.74) is 2.67. The maximum Gasteiger partial charge on any atom is 0.127 e. The van der Waals surface area contributed by atoms with Crippen molar-refractivity contribution >= 4 is 0 Å². The molecule has 3 nitrogen and oxygen atoms in total. The van der Waals surface area contributed by atoms with Crippen molar-refractivity contribution in [2.24, 2.45) is 5.92 Å². The van der Waals surface area contributed by atoms with E-state index in [2.05, 4.69) is 32.9 Å². The van der Waals surface area contributed by atoms with Gasteiger partial charge in [-0.15, -0.1) is 0 Å². The predicted octanol–water partition coefficient (Wildman–Crippen LogP) is 4.71. The van der Waals surface area contributed by atoms with Gasteiger partial charge in [-0.2, -0.15) is 0 Å². The molecule has 0 saturated heterocycles. The fourth-order valence-corrected chi connectivity index (χ4v) is 4.25. The lowest BCUT2D eigenvalue weighted by Gasteiger charge is -2.47. The highest BCUT2D eigenvalue weighted by Crippen LogP contribution is 2.53. The minimum atomic E-state index is -0.411. The quantitative estimate of drug-likeness (QED) is 0.621. The molecule has 1 heterocycles. The molecule has 2 aliphatic rings. The van der Waals surface area contributed by atoms with Crippen LogP contribution in [-0.4, -0.2) is 21.9 Å². The second-order valence-corrected chi connectivity index (χ2v) is 7.98. The normalized spacial score (nSPS) is 27.7. The van der Waals surface area contributed by atoms with Crippen LogP contribution in [0.5, 0.6) is 11.5 Å². The van der Waals surface area contributed by atoms with E-state index in [-0.39, 0.29) is 17.4 Å². The Morgan fingerprint density at radius 1 is 1.25 bits per heavy atom. The van der Waals surface area contributed by atoms with Crippen molar-refractivity contribution in [1.29, 1.82) is 0 Å². The molecule has 1 aromatic carbocycles. The lowest BCUT2D eigenvalue weighted by atomic mass is 9.67. The fraction of sp³-hybridized carbons (Fsp3) is 0.619. The molecule has 0 spiro atoms. The first-order valence-corrected chi connectivity index (χ1v) is 9.24. The van der Waals surface area contributed by atoms with Gasteiger partial charge in [-0.1, -0.05) is 25.8 Å². The van der Waals surface area contributed by atoms with Crippen LogP contribution in [0.3, 0.4) is 0 Å². The summed E-state index contributed by atoms with van der Waals surface area (Å²) < 4.78 is 6.30. The van der Waals surface area contributed by atoms with Crippen LogP contribution in [0, 0.1) is 5.92 Å². The molecule has 132 valence electrons. The molecular formula is C21H30O3. The van der Waals surface area contributed by atoms with Crippen molar-refractivity contribution in [2.75, 3.05) is 0 Å². The second-order valence-electron chi connectivity index (χ2n) is 7.98. The van der Waals surface area contributed by atoms with Crippen molar-refractivity contribution in [3.05, 3.63) is 34.9 Å². The topological polar surface area (TPSA) is 49.7 Å². The zero-order valence-corrected chi connectivity index (χ0v) is 15.3. The maximum atomic E-state index is 10.7. The molecule has 0 saturated carbocycles. The first-order valence-electron chi connectivity index (χ1n) is 9.24. The van der Waals surface area contributed by atoms with Gasteiger partial charge in [-0.05, 0) is 63.3 Å². The highest BCUT2D eigenvalue weighted by Gasteiger charge is 2.47. The minimum absolute atomic E-state index is 0.108. The van der Waals surface area contributed by atoms with Gasteiger partial charge in [0.15, 0.2) is 0 Å². The number of ether oxygens (including phenoxy) is 1. The van der Waals surface area contributed by atoms with Crippen LogP contribution in [0.1, 0.15) is 70.4 Å². The average molecular weight is 330 g/mol. The van der Waals surface area contributed by atoms with Crippen LogP contribution in [0.4, 0.5) is 0 Å². The Morgan fingerprint density at radius 3 is 2.71 bits per heavy atom. The third kappa shape index (κ3) is 3.06. The number of fused-ring (bicyclic) bond motifs is 3. The largest absolute Gasteiger partial charge is 0.507 e. The number of aryl methyl sites for hydroxylation is 1.